The van der Waals surface area contributed by atoms with E-state index in [1.165, 1.54) is 0 Å². The fraction of sp³-hybridized carbons (Fsp3) is 0.553. The Balaban J connectivity index is 2.51. The van der Waals surface area contributed by atoms with Crippen LogP contribution in [0.1, 0.15) is 77.2 Å². The Morgan fingerprint density at radius 3 is 1.83 bits per heavy atom. The molecule has 0 spiro atoms. The van der Waals surface area contributed by atoms with Crippen LogP contribution in [0.25, 0.3) is 10.9 Å². The number of para-hydroxylation sites is 1. The van der Waals surface area contributed by atoms with Gasteiger partial charge in [-0.2, -0.15) is 0 Å². The van der Waals surface area contributed by atoms with Crippen molar-refractivity contribution >= 4 is 64.3 Å². The van der Waals surface area contributed by atoms with E-state index in [1.54, 1.807) is 30.5 Å². The number of hydrogen-bond acceptors (Lipinski definition) is 11. The van der Waals surface area contributed by atoms with Gasteiger partial charge in [0.2, 0.25) is 29.5 Å². The van der Waals surface area contributed by atoms with Crippen LogP contribution in [-0.4, -0.2) is 123 Å². The summed E-state index contributed by atoms with van der Waals surface area (Å²) in [6, 6.07) is -1.59. The molecule has 17 N–H and O–H groups in total. The highest BCUT2D eigenvalue weighted by atomic mass is 16.4. The van der Waals surface area contributed by atoms with E-state index in [-0.39, 0.29) is 57.1 Å². The van der Waals surface area contributed by atoms with Gasteiger partial charge in [0.25, 0.3) is 0 Å². The molecule has 0 radical (unpaired) electrons. The van der Waals surface area contributed by atoms with E-state index in [9.17, 15) is 53.7 Å². The Kier molecular flexibility index (Phi) is 21.0. The number of hydrogen-bond donors (Lipinski definition) is 13. The second-order valence-electron chi connectivity index (χ2n) is 14.7. The molecular weight excluding hydrogens is 786 g/mol. The first-order chi connectivity index (χ1) is 28.3. The average molecular weight is 846 g/mol. The number of aromatic amines is 1. The van der Waals surface area contributed by atoms with Crippen LogP contribution in [-0.2, 0) is 44.8 Å². The molecule has 5 amide bonds. The molecule has 0 aliphatic carbocycles. The van der Waals surface area contributed by atoms with Crippen molar-refractivity contribution in [1.82, 2.24) is 31.6 Å². The Hall–Kier alpha value is -6.29. The summed E-state index contributed by atoms with van der Waals surface area (Å²) in [6.07, 6.45) is 0.511. The first-order valence-electron chi connectivity index (χ1n) is 19.6. The van der Waals surface area contributed by atoms with Gasteiger partial charge in [-0.15, -0.1) is 0 Å². The van der Waals surface area contributed by atoms with Crippen molar-refractivity contribution in [3.8, 4) is 0 Å². The highest BCUT2D eigenvalue weighted by Crippen LogP contribution is 2.20. The average Bonchev–Trinajstić information content (AvgIpc) is 3.58. The minimum absolute atomic E-state index is 0.000141. The van der Waals surface area contributed by atoms with Crippen molar-refractivity contribution in [2.75, 3.05) is 13.1 Å². The molecule has 0 aliphatic rings. The number of nitrogens with two attached hydrogens (primary N) is 4. The molecule has 0 bridgehead atoms. The van der Waals surface area contributed by atoms with Gasteiger partial charge in [-0.25, -0.2) is 4.79 Å². The minimum atomic E-state index is -1.66. The first-order valence-corrected chi connectivity index (χ1v) is 19.6. The third kappa shape index (κ3) is 17.7. The number of aliphatic carboxylic acids is 3. The quantitative estimate of drug-likeness (QED) is 0.0253. The van der Waals surface area contributed by atoms with Crippen molar-refractivity contribution in [2.24, 2.45) is 33.8 Å². The maximum absolute atomic E-state index is 14.2. The number of carboxylic acid groups (broad SMARTS) is 3. The maximum atomic E-state index is 14.2. The summed E-state index contributed by atoms with van der Waals surface area (Å²) in [5.41, 5.74) is 23.6. The van der Waals surface area contributed by atoms with Crippen molar-refractivity contribution < 1.29 is 53.7 Å². The molecule has 1 heterocycles. The molecule has 0 saturated heterocycles. The number of carboxylic acids is 3. The van der Waals surface area contributed by atoms with Crippen molar-refractivity contribution in [2.45, 2.75) is 114 Å². The van der Waals surface area contributed by atoms with Gasteiger partial charge in [0.1, 0.15) is 30.2 Å². The molecule has 1 aromatic heterocycles. The minimum Gasteiger partial charge on any atom is -0.481 e. The van der Waals surface area contributed by atoms with E-state index in [0.717, 1.165) is 0 Å². The number of benzene rings is 1. The van der Waals surface area contributed by atoms with Gasteiger partial charge >= 0.3 is 17.9 Å². The fourth-order valence-corrected chi connectivity index (χ4v) is 6.16. The maximum Gasteiger partial charge on any atom is 0.326 e. The lowest BCUT2D eigenvalue weighted by Gasteiger charge is -2.27. The first kappa shape index (κ1) is 49.9. The zero-order chi connectivity index (χ0) is 44.9. The number of nitrogens with one attached hydrogen (secondary N) is 6. The number of aliphatic imine (C=N–C) groups is 1. The Bertz CT molecular complexity index is 1830. The normalized spacial score (nSPS) is 14.1. The topological polar surface area (TPSA) is 390 Å². The summed E-state index contributed by atoms with van der Waals surface area (Å²) in [7, 11) is 0. The monoisotopic (exact) mass is 845 g/mol. The summed E-state index contributed by atoms with van der Waals surface area (Å²) in [4.78, 5) is 110. The summed E-state index contributed by atoms with van der Waals surface area (Å²) in [5.74, 6) is -9.07. The smallest absolute Gasteiger partial charge is 0.326 e. The molecular formula is C38H59N11O11. The van der Waals surface area contributed by atoms with E-state index < -0.39 is 103 Å². The highest BCUT2D eigenvalue weighted by Gasteiger charge is 2.34. The number of unbranched alkanes of at least 4 members (excludes halogenated alkanes) is 1. The molecule has 6 atom stereocenters. The molecule has 2 rings (SSSR count). The lowest BCUT2D eigenvalue weighted by molar-refractivity contribution is -0.143. The molecule has 22 heteroatoms. The van der Waals surface area contributed by atoms with Crippen molar-refractivity contribution in [3.63, 3.8) is 0 Å². The summed E-state index contributed by atoms with van der Waals surface area (Å²) < 4.78 is 0. The van der Waals surface area contributed by atoms with E-state index in [1.807, 2.05) is 13.8 Å². The third-order valence-corrected chi connectivity index (χ3v) is 9.23. The van der Waals surface area contributed by atoms with Gasteiger partial charge in [0, 0.05) is 36.5 Å². The lowest BCUT2D eigenvalue weighted by Crippen LogP contribution is -2.60. The van der Waals surface area contributed by atoms with Gasteiger partial charge in [-0.3, -0.25) is 38.6 Å². The van der Waals surface area contributed by atoms with E-state index in [4.69, 9.17) is 22.9 Å². The second-order valence-corrected chi connectivity index (χ2v) is 14.7. The highest BCUT2D eigenvalue weighted by molar-refractivity contribution is 5.97. The van der Waals surface area contributed by atoms with Gasteiger partial charge in [0.05, 0.1) is 12.5 Å². The van der Waals surface area contributed by atoms with Crippen molar-refractivity contribution in [1.29, 1.82) is 0 Å². The molecule has 332 valence electrons. The molecule has 0 aliphatic heterocycles. The summed E-state index contributed by atoms with van der Waals surface area (Å²) >= 11 is 0. The molecule has 6 unspecified atom stereocenters. The Labute approximate surface area is 346 Å². The summed E-state index contributed by atoms with van der Waals surface area (Å²) in [5, 5.41) is 41.6. The standard InChI is InChI=1S/C38H59N11O11/c1-20(2)16-23(40)32(54)48-29(18-31(52)53)36(58)45-25(11-7-15-43-38(41)42)33(55)49-28(17-21-19-44-24-9-4-3-8-22(21)24)35(57)46-26(12-13-30(50)51)34(56)47-27(37(59)60)10-5-6-14-39/h3-4,8-9,19-20,23,25-29,44H,5-7,10-18,39-40H2,1-2H3,(H,45,58)(H,46,57)(H,47,56)(H,48,54)(H,49,55)(H,50,51)(H,52,53)(H,59,60)(H4,41,42,43). The van der Waals surface area contributed by atoms with Crippen LogP contribution in [0.3, 0.4) is 0 Å². The number of guanidine groups is 1. The molecule has 22 nitrogen and oxygen atoms in total. The second kappa shape index (κ2) is 25.3. The van der Waals surface area contributed by atoms with E-state index in [0.29, 0.717) is 29.3 Å². The van der Waals surface area contributed by atoms with Gasteiger partial charge in [-0.05, 0) is 69.0 Å². The Morgan fingerprint density at radius 1 is 0.700 bits per heavy atom. The van der Waals surface area contributed by atoms with Crippen molar-refractivity contribution in [3.05, 3.63) is 36.0 Å². The zero-order valence-electron chi connectivity index (χ0n) is 33.8. The predicted octanol–water partition coefficient (Wildman–Crippen LogP) is -1.89. The van der Waals surface area contributed by atoms with E-state index >= 15 is 0 Å². The zero-order valence-corrected chi connectivity index (χ0v) is 33.8. The largest absolute Gasteiger partial charge is 0.481 e. The van der Waals surface area contributed by atoms with Gasteiger partial charge in [-0.1, -0.05) is 32.0 Å². The SMILES string of the molecule is CC(C)CC(N)C(=O)NC(CC(=O)O)C(=O)NC(CCCN=C(N)N)C(=O)NC(Cc1c[nH]c2ccccc12)C(=O)NC(CCC(=O)O)C(=O)NC(CCCCN)C(=O)O. The van der Waals surface area contributed by atoms with Crippen LogP contribution >= 0.6 is 0 Å². The van der Waals surface area contributed by atoms with Crippen LogP contribution in [0, 0.1) is 5.92 Å². The van der Waals surface area contributed by atoms with Gasteiger partial charge in [0.15, 0.2) is 5.96 Å². The molecule has 2 aromatic rings. The van der Waals surface area contributed by atoms with Crippen LogP contribution < -0.4 is 49.5 Å². The van der Waals surface area contributed by atoms with Crippen LogP contribution in [0.4, 0.5) is 0 Å². The van der Waals surface area contributed by atoms with Crippen LogP contribution in [0.15, 0.2) is 35.5 Å². The number of rotatable bonds is 28. The number of carbonyl (C=O) groups excluding carboxylic acids is 5. The molecule has 0 saturated carbocycles. The number of fused-ring (bicyclic) bond motifs is 1. The van der Waals surface area contributed by atoms with Gasteiger partial charge < -0.3 is 69.8 Å². The fourth-order valence-electron chi connectivity index (χ4n) is 6.16. The van der Waals surface area contributed by atoms with Crippen LogP contribution in [0.2, 0.25) is 0 Å². The lowest BCUT2D eigenvalue weighted by atomic mass is 10.0. The Morgan fingerprint density at radius 2 is 1.25 bits per heavy atom. The number of carbonyl (C=O) groups is 8. The van der Waals surface area contributed by atoms with E-state index in [2.05, 4.69) is 36.6 Å². The number of nitrogens with zero attached hydrogens (tertiary/aromatic N) is 1. The predicted molar refractivity (Wildman–Crippen MR) is 219 cm³/mol. The number of amides is 5. The number of aromatic nitrogens is 1. The molecule has 1 aromatic carbocycles. The van der Waals surface area contributed by atoms with Crippen LogP contribution in [0.5, 0.6) is 0 Å². The molecule has 0 fully saturated rings. The third-order valence-electron chi connectivity index (χ3n) is 9.23. The summed E-state index contributed by atoms with van der Waals surface area (Å²) in [6.45, 7) is 3.93. The molecule has 60 heavy (non-hydrogen) atoms. The number of H-pyrrole nitrogens is 1.